The number of fused-ring (bicyclic) bond motifs is 1. The van der Waals surface area contributed by atoms with Crippen LogP contribution in [0.25, 0.3) is 10.9 Å². The van der Waals surface area contributed by atoms with Gasteiger partial charge in [-0.2, -0.15) is 0 Å². The minimum Gasteiger partial charge on any atom is -0.616 e. The smallest absolute Gasteiger partial charge is 0.163 e. The van der Waals surface area contributed by atoms with E-state index in [1.165, 1.54) is 0 Å². The van der Waals surface area contributed by atoms with Gasteiger partial charge in [0.15, 0.2) is 11.5 Å². The van der Waals surface area contributed by atoms with Gasteiger partial charge in [0.2, 0.25) is 0 Å². The Labute approximate surface area is 226 Å². The number of hydrogen-bond donors (Lipinski definition) is 1. The second-order valence-electron chi connectivity index (χ2n) is 9.06. The number of nitrogens with one attached hydrogen (secondary N) is 1. The van der Waals surface area contributed by atoms with Crippen molar-refractivity contribution >= 4 is 33.6 Å². The van der Waals surface area contributed by atoms with Gasteiger partial charge in [-0.05, 0) is 42.3 Å². The van der Waals surface area contributed by atoms with Crippen LogP contribution in [0.1, 0.15) is 12.0 Å². The van der Waals surface area contributed by atoms with Gasteiger partial charge in [0, 0.05) is 36.8 Å². The highest BCUT2D eigenvalue weighted by molar-refractivity contribution is 7.91. The lowest BCUT2D eigenvalue weighted by molar-refractivity contribution is 0.240. The molecule has 1 N–H and O–H groups in total. The Bertz CT molecular complexity index is 1320. The van der Waals surface area contributed by atoms with Crippen LogP contribution in [0.5, 0.6) is 17.2 Å². The lowest BCUT2D eigenvalue weighted by Crippen LogP contribution is -2.40. The Morgan fingerprint density at radius 2 is 1.74 bits per heavy atom. The molecule has 0 saturated carbocycles. The fourth-order valence-corrected chi connectivity index (χ4v) is 5.45. The Morgan fingerprint density at radius 1 is 0.947 bits per heavy atom. The number of rotatable bonds is 11. The van der Waals surface area contributed by atoms with Gasteiger partial charge in [-0.25, -0.2) is 9.97 Å². The SMILES string of the molecule is COc1cc2c(Nc3ccc(OCc4ccccc4)cc3)ncnc2cc1OCCCN1CC[S+]([O-])CC1. The van der Waals surface area contributed by atoms with Crippen LogP contribution in [0, 0.1) is 0 Å². The summed E-state index contributed by atoms with van der Waals surface area (Å²) in [6.45, 7) is 3.80. The van der Waals surface area contributed by atoms with E-state index < -0.39 is 11.2 Å². The van der Waals surface area contributed by atoms with Crippen molar-refractivity contribution in [1.82, 2.24) is 14.9 Å². The average Bonchev–Trinajstić information content (AvgIpc) is 2.96. The first kappa shape index (κ1) is 26.1. The molecule has 1 aliphatic heterocycles. The van der Waals surface area contributed by atoms with Gasteiger partial charge in [-0.15, -0.1) is 0 Å². The van der Waals surface area contributed by atoms with Gasteiger partial charge in [-0.3, -0.25) is 4.90 Å². The van der Waals surface area contributed by atoms with Gasteiger partial charge < -0.3 is 24.1 Å². The summed E-state index contributed by atoms with van der Waals surface area (Å²) in [7, 11) is 1.63. The average molecular weight is 533 g/mol. The van der Waals surface area contributed by atoms with Crippen LogP contribution in [-0.4, -0.2) is 64.3 Å². The van der Waals surface area contributed by atoms with Gasteiger partial charge >= 0.3 is 0 Å². The summed E-state index contributed by atoms with van der Waals surface area (Å²) in [4.78, 5) is 11.3. The zero-order valence-corrected chi connectivity index (χ0v) is 22.3. The molecule has 0 spiro atoms. The molecule has 9 heteroatoms. The fourth-order valence-electron chi connectivity index (χ4n) is 4.32. The maximum Gasteiger partial charge on any atom is 0.163 e. The van der Waals surface area contributed by atoms with Gasteiger partial charge in [0.05, 0.1) is 19.2 Å². The summed E-state index contributed by atoms with van der Waals surface area (Å²) < 4.78 is 29.1. The predicted molar refractivity (Wildman–Crippen MR) is 151 cm³/mol. The highest BCUT2D eigenvalue weighted by Gasteiger charge is 2.19. The van der Waals surface area contributed by atoms with Crippen molar-refractivity contribution in [3.63, 3.8) is 0 Å². The van der Waals surface area contributed by atoms with Gasteiger partial charge in [-0.1, -0.05) is 41.5 Å². The first-order valence-electron chi connectivity index (χ1n) is 12.7. The topological polar surface area (TPSA) is 91.8 Å². The van der Waals surface area contributed by atoms with Crippen molar-refractivity contribution in [1.29, 1.82) is 0 Å². The normalized spacial score (nSPS) is 14.4. The molecular formula is C29H32N4O4S. The molecule has 1 fully saturated rings. The molecule has 8 nitrogen and oxygen atoms in total. The molecule has 3 aromatic carbocycles. The third kappa shape index (κ3) is 6.86. The zero-order valence-electron chi connectivity index (χ0n) is 21.5. The lowest BCUT2D eigenvalue weighted by atomic mass is 10.2. The quantitative estimate of drug-likeness (QED) is 0.218. The number of anilines is 2. The molecule has 0 unspecified atom stereocenters. The summed E-state index contributed by atoms with van der Waals surface area (Å²) in [5, 5.41) is 4.22. The molecule has 0 aliphatic carbocycles. The van der Waals surface area contributed by atoms with Crippen LogP contribution in [0.2, 0.25) is 0 Å². The van der Waals surface area contributed by atoms with Crippen molar-refractivity contribution in [2.75, 3.05) is 50.2 Å². The zero-order chi connectivity index (χ0) is 26.2. The molecule has 4 aromatic rings. The molecule has 1 aromatic heterocycles. The van der Waals surface area contributed by atoms with Crippen LogP contribution in [0.3, 0.4) is 0 Å². The molecule has 0 atom stereocenters. The molecule has 1 aliphatic rings. The third-order valence-electron chi connectivity index (χ3n) is 6.43. The standard InChI is InChI=1S/C29H32N4O4S/c1-35-27-18-25-26(19-28(27)36-15-5-12-33-13-16-38(34)17-14-33)30-21-31-29(25)32-23-8-10-24(11-9-23)37-20-22-6-3-2-4-7-22/h2-4,6-11,18-19,21H,5,12-17,20H2,1H3,(H,30,31,32). The monoisotopic (exact) mass is 532 g/mol. The van der Waals surface area contributed by atoms with Gasteiger partial charge in [0.1, 0.15) is 36.0 Å². The largest absolute Gasteiger partial charge is 0.616 e. The van der Waals surface area contributed by atoms with E-state index >= 15 is 0 Å². The maximum atomic E-state index is 11.5. The second-order valence-corrected chi connectivity index (χ2v) is 10.8. The van der Waals surface area contributed by atoms with E-state index in [4.69, 9.17) is 14.2 Å². The lowest BCUT2D eigenvalue weighted by Gasteiger charge is -2.27. The van der Waals surface area contributed by atoms with Crippen molar-refractivity contribution in [2.45, 2.75) is 13.0 Å². The van der Waals surface area contributed by atoms with Crippen molar-refractivity contribution in [3.8, 4) is 17.2 Å². The van der Waals surface area contributed by atoms with E-state index in [9.17, 15) is 4.55 Å². The fraction of sp³-hybridized carbons (Fsp3) is 0.310. The number of ether oxygens (including phenoxy) is 3. The first-order chi connectivity index (χ1) is 18.7. The number of methoxy groups -OCH3 is 1. The minimum atomic E-state index is -0.652. The molecule has 2 heterocycles. The van der Waals surface area contributed by atoms with Crippen LogP contribution >= 0.6 is 0 Å². The summed E-state index contributed by atoms with van der Waals surface area (Å²) in [5.74, 6) is 4.30. The summed E-state index contributed by atoms with van der Waals surface area (Å²) >= 11 is -0.652. The maximum absolute atomic E-state index is 11.5. The van der Waals surface area contributed by atoms with E-state index in [2.05, 4.69) is 20.2 Å². The van der Waals surface area contributed by atoms with Crippen molar-refractivity contribution < 1.29 is 18.8 Å². The summed E-state index contributed by atoms with van der Waals surface area (Å²) in [6.07, 6.45) is 2.42. The van der Waals surface area contributed by atoms with E-state index in [0.29, 0.717) is 30.5 Å². The third-order valence-corrected chi connectivity index (χ3v) is 7.71. The molecule has 5 rings (SSSR count). The van der Waals surface area contributed by atoms with E-state index in [0.717, 1.165) is 65.5 Å². The molecule has 1 saturated heterocycles. The molecule has 0 bridgehead atoms. The molecular weight excluding hydrogens is 500 g/mol. The van der Waals surface area contributed by atoms with Crippen LogP contribution in [0.4, 0.5) is 11.5 Å². The Morgan fingerprint density at radius 3 is 2.50 bits per heavy atom. The number of nitrogens with zero attached hydrogens (tertiary/aromatic N) is 3. The number of aromatic nitrogens is 2. The van der Waals surface area contributed by atoms with Crippen LogP contribution < -0.4 is 19.5 Å². The highest BCUT2D eigenvalue weighted by Crippen LogP contribution is 2.35. The van der Waals surface area contributed by atoms with Crippen LogP contribution in [0.15, 0.2) is 73.1 Å². The molecule has 198 valence electrons. The Balaban J connectivity index is 1.21. The summed E-state index contributed by atoms with van der Waals surface area (Å²) in [5.41, 5.74) is 2.78. The summed E-state index contributed by atoms with van der Waals surface area (Å²) in [6, 6.07) is 21.7. The van der Waals surface area contributed by atoms with Gasteiger partial charge in [0.25, 0.3) is 0 Å². The van der Waals surface area contributed by atoms with Crippen LogP contribution in [-0.2, 0) is 17.8 Å². The van der Waals surface area contributed by atoms with Crippen molar-refractivity contribution in [3.05, 3.63) is 78.6 Å². The second kappa shape index (κ2) is 12.8. The van der Waals surface area contributed by atoms with E-state index in [1.54, 1.807) is 13.4 Å². The van der Waals surface area contributed by atoms with Crippen molar-refractivity contribution in [2.24, 2.45) is 0 Å². The van der Waals surface area contributed by atoms with E-state index in [1.807, 2.05) is 66.7 Å². The highest BCUT2D eigenvalue weighted by atomic mass is 32.2. The molecule has 38 heavy (non-hydrogen) atoms. The minimum absolute atomic E-state index is 0.523. The Hall–Kier alpha value is -3.53. The first-order valence-corrected chi connectivity index (χ1v) is 14.2. The molecule has 0 radical (unpaired) electrons. The predicted octanol–water partition coefficient (Wildman–Crippen LogP) is 4.79. The Kier molecular flexibility index (Phi) is 8.80. The molecule has 0 amide bonds. The number of benzene rings is 3. The number of hydrogen-bond acceptors (Lipinski definition) is 8. The van der Waals surface area contributed by atoms with E-state index in [-0.39, 0.29) is 0 Å².